The van der Waals surface area contributed by atoms with E-state index in [2.05, 4.69) is 10.3 Å². The van der Waals surface area contributed by atoms with Crippen molar-refractivity contribution in [1.82, 2.24) is 11.1 Å². The molecule has 1 aromatic heterocycles. The van der Waals surface area contributed by atoms with Crippen LogP contribution in [0.2, 0.25) is 0 Å². The summed E-state index contributed by atoms with van der Waals surface area (Å²) in [6, 6.07) is 4.23. The van der Waals surface area contributed by atoms with Gasteiger partial charge in [0.15, 0.2) is 0 Å². The molecule has 0 spiro atoms. The van der Waals surface area contributed by atoms with Gasteiger partial charge in [-0.1, -0.05) is 0 Å². The van der Waals surface area contributed by atoms with Crippen molar-refractivity contribution in [3.8, 4) is 0 Å². The second-order valence-corrected chi connectivity index (χ2v) is 4.40. The first-order valence-corrected chi connectivity index (χ1v) is 6.27. The van der Waals surface area contributed by atoms with E-state index in [4.69, 9.17) is 16.7 Å². The van der Waals surface area contributed by atoms with Gasteiger partial charge in [0.1, 0.15) is 5.82 Å². The molecule has 0 radical (unpaired) electrons. The second-order valence-electron chi connectivity index (χ2n) is 4.02. The van der Waals surface area contributed by atoms with Crippen LogP contribution in [0, 0.1) is 5.82 Å². The van der Waals surface area contributed by atoms with E-state index in [0.717, 1.165) is 6.42 Å². The normalized spacial score (nSPS) is 10.1. The molecule has 0 saturated carbocycles. The van der Waals surface area contributed by atoms with Crippen LogP contribution in [-0.2, 0) is 0 Å². The Balaban J connectivity index is 0.00000200. The third-order valence-electron chi connectivity index (χ3n) is 2.64. The molecule has 7 heteroatoms. The first-order valence-electron chi connectivity index (χ1n) is 5.74. The number of nitrogens with zero attached hydrogens (tertiary/aromatic N) is 1. The van der Waals surface area contributed by atoms with Crippen LogP contribution < -0.4 is 11.5 Å². The van der Waals surface area contributed by atoms with Crippen LogP contribution in [0.1, 0.15) is 18.2 Å². The standard InChI is InChI=1S/C13H12ClFN2O2.H3N.H2/c14-2-1-3-16-12-6-11-8(5-10(12)15)4-9(7-17-11)13(18)19;;/h4-7,16H,1-3H2,(H,18,19);1H3;1H. The molecule has 0 fully saturated rings. The van der Waals surface area contributed by atoms with E-state index in [1.807, 2.05) is 0 Å². The van der Waals surface area contributed by atoms with Gasteiger partial charge in [-0.15, -0.1) is 11.6 Å². The predicted octanol–water partition coefficient (Wildman–Crippen LogP) is 3.52. The largest absolute Gasteiger partial charge is 0.478 e. The van der Waals surface area contributed by atoms with Gasteiger partial charge in [0.2, 0.25) is 0 Å². The molecule has 0 saturated heterocycles. The number of carboxylic acid groups (broad SMARTS) is 1. The monoisotopic (exact) mass is 301 g/mol. The van der Waals surface area contributed by atoms with E-state index in [9.17, 15) is 9.18 Å². The van der Waals surface area contributed by atoms with Crippen molar-refractivity contribution in [3.63, 3.8) is 0 Å². The summed E-state index contributed by atoms with van der Waals surface area (Å²) in [5.74, 6) is -1.02. The first kappa shape index (κ1) is 16.1. The molecule has 0 aliphatic rings. The zero-order chi connectivity index (χ0) is 13.8. The summed E-state index contributed by atoms with van der Waals surface area (Å²) in [7, 11) is 0. The third kappa shape index (κ3) is 3.55. The topological polar surface area (TPSA) is 97.2 Å². The molecule has 5 N–H and O–H groups in total. The first-order chi connectivity index (χ1) is 9.11. The maximum absolute atomic E-state index is 13.8. The lowest BCUT2D eigenvalue weighted by Crippen LogP contribution is -2.04. The number of fused-ring (bicyclic) bond motifs is 1. The molecule has 110 valence electrons. The second kappa shape index (κ2) is 7.02. The zero-order valence-corrected chi connectivity index (χ0v) is 11.5. The number of hydrogen-bond donors (Lipinski definition) is 3. The number of pyridine rings is 1. The number of hydrogen-bond acceptors (Lipinski definition) is 4. The molecule has 2 rings (SSSR count). The number of rotatable bonds is 5. The molecule has 0 atom stereocenters. The van der Waals surface area contributed by atoms with Gasteiger partial charge in [0.25, 0.3) is 0 Å². The van der Waals surface area contributed by atoms with Gasteiger partial charge in [-0.3, -0.25) is 4.98 Å². The Labute approximate surface area is 121 Å². The summed E-state index contributed by atoms with van der Waals surface area (Å²) in [6.07, 6.45) is 1.98. The Kier molecular flexibility index (Phi) is 5.66. The maximum atomic E-state index is 13.8. The highest BCUT2D eigenvalue weighted by Gasteiger charge is 2.08. The maximum Gasteiger partial charge on any atom is 0.337 e. The summed E-state index contributed by atoms with van der Waals surface area (Å²) in [5.41, 5.74) is 0.919. The number of carbonyl (C=O) groups is 1. The van der Waals surface area contributed by atoms with Gasteiger partial charge in [-0.25, -0.2) is 9.18 Å². The average molecular weight is 302 g/mol. The smallest absolute Gasteiger partial charge is 0.337 e. The number of aromatic nitrogens is 1. The van der Waals surface area contributed by atoms with Gasteiger partial charge >= 0.3 is 5.97 Å². The van der Waals surface area contributed by atoms with E-state index >= 15 is 0 Å². The highest BCUT2D eigenvalue weighted by atomic mass is 35.5. The minimum absolute atomic E-state index is 0. The molecule has 2 aromatic rings. The van der Waals surface area contributed by atoms with Gasteiger partial charge in [-0.2, -0.15) is 0 Å². The summed E-state index contributed by atoms with van der Waals surface area (Å²) in [5, 5.41) is 12.2. The summed E-state index contributed by atoms with van der Waals surface area (Å²) in [4.78, 5) is 14.8. The van der Waals surface area contributed by atoms with Gasteiger partial charge in [-0.05, 0) is 24.6 Å². The number of anilines is 1. The van der Waals surface area contributed by atoms with Crippen molar-refractivity contribution in [2.75, 3.05) is 17.7 Å². The zero-order valence-electron chi connectivity index (χ0n) is 10.7. The van der Waals surface area contributed by atoms with Crippen LogP contribution in [0.15, 0.2) is 24.4 Å². The van der Waals surface area contributed by atoms with E-state index in [1.54, 1.807) is 6.07 Å². The Morgan fingerprint density at radius 2 is 2.20 bits per heavy atom. The molecule has 0 aliphatic heterocycles. The van der Waals surface area contributed by atoms with Gasteiger partial charge in [0, 0.05) is 25.4 Å². The van der Waals surface area contributed by atoms with Gasteiger partial charge < -0.3 is 16.6 Å². The van der Waals surface area contributed by atoms with Crippen molar-refractivity contribution in [3.05, 3.63) is 35.8 Å². The Morgan fingerprint density at radius 1 is 1.45 bits per heavy atom. The number of halogens is 2. The third-order valence-corrected chi connectivity index (χ3v) is 2.91. The van der Waals surface area contributed by atoms with Crippen molar-refractivity contribution in [2.24, 2.45) is 0 Å². The Bertz CT molecular complexity index is 628. The van der Waals surface area contributed by atoms with Gasteiger partial charge in [0.05, 0.1) is 16.8 Å². The fourth-order valence-corrected chi connectivity index (χ4v) is 1.82. The number of carboxylic acids is 1. The average Bonchev–Trinajstić information content (AvgIpc) is 2.39. The van der Waals surface area contributed by atoms with Crippen LogP contribution >= 0.6 is 11.6 Å². The number of aromatic carboxylic acids is 1. The fourth-order valence-electron chi connectivity index (χ4n) is 1.69. The molecular formula is C13H17ClFN3O2. The fraction of sp³-hybridized carbons (Fsp3) is 0.231. The Morgan fingerprint density at radius 3 is 2.85 bits per heavy atom. The predicted molar refractivity (Wildman–Crippen MR) is 79.6 cm³/mol. The highest BCUT2D eigenvalue weighted by molar-refractivity contribution is 6.17. The lowest BCUT2D eigenvalue weighted by molar-refractivity contribution is 0.0696. The minimum Gasteiger partial charge on any atom is -0.478 e. The van der Waals surface area contributed by atoms with Crippen molar-refractivity contribution >= 4 is 34.2 Å². The lowest BCUT2D eigenvalue weighted by atomic mass is 10.1. The quantitative estimate of drug-likeness (QED) is 0.580. The molecule has 0 aliphatic carbocycles. The van der Waals surface area contributed by atoms with Crippen molar-refractivity contribution < 1.29 is 15.7 Å². The molecule has 1 heterocycles. The summed E-state index contributed by atoms with van der Waals surface area (Å²) >= 11 is 5.55. The summed E-state index contributed by atoms with van der Waals surface area (Å²) < 4.78 is 13.8. The van der Waals surface area contributed by atoms with Crippen molar-refractivity contribution in [2.45, 2.75) is 6.42 Å². The molecule has 0 unspecified atom stereocenters. The van der Waals surface area contributed by atoms with Crippen molar-refractivity contribution in [1.29, 1.82) is 0 Å². The van der Waals surface area contributed by atoms with E-state index < -0.39 is 11.8 Å². The highest BCUT2D eigenvalue weighted by Crippen LogP contribution is 2.22. The van der Waals surface area contributed by atoms with E-state index in [-0.39, 0.29) is 13.1 Å². The van der Waals surface area contributed by atoms with E-state index in [1.165, 1.54) is 18.3 Å². The SMILES string of the molecule is N.O=C(O)c1cnc2cc(NCCCCl)c(F)cc2c1.[HH]. The lowest BCUT2D eigenvalue weighted by Gasteiger charge is -2.08. The molecule has 20 heavy (non-hydrogen) atoms. The molecular weight excluding hydrogens is 285 g/mol. The summed E-state index contributed by atoms with van der Waals surface area (Å²) in [6.45, 7) is 0.569. The van der Waals surface area contributed by atoms with Crippen LogP contribution in [0.25, 0.3) is 10.9 Å². The van der Waals surface area contributed by atoms with Crippen LogP contribution in [0.5, 0.6) is 0 Å². The van der Waals surface area contributed by atoms with Crippen LogP contribution in [0.4, 0.5) is 10.1 Å². The number of alkyl halides is 1. The van der Waals surface area contributed by atoms with Crippen LogP contribution in [-0.4, -0.2) is 28.5 Å². The van der Waals surface area contributed by atoms with Crippen LogP contribution in [0.3, 0.4) is 0 Å². The molecule has 5 nitrogen and oxygen atoms in total. The molecule has 0 amide bonds. The molecule has 1 aromatic carbocycles. The Hall–Kier alpha value is -1.92. The molecule has 0 bridgehead atoms. The number of nitrogens with one attached hydrogen (secondary N) is 1. The number of benzene rings is 1. The van der Waals surface area contributed by atoms with E-state index in [0.29, 0.717) is 29.0 Å². The minimum atomic E-state index is -1.08.